The Morgan fingerprint density at radius 3 is 2.61 bits per heavy atom. The van der Waals surface area contributed by atoms with E-state index in [1.165, 1.54) is 18.6 Å². The van der Waals surface area contributed by atoms with Gasteiger partial charge in [0.25, 0.3) is 0 Å². The Hall–Kier alpha value is -2.74. The minimum absolute atomic E-state index is 0.0633. The molecule has 0 N–H and O–H groups in total. The fourth-order valence-electron chi connectivity index (χ4n) is 3.68. The Bertz CT molecular complexity index is 1140. The van der Waals surface area contributed by atoms with E-state index in [1.807, 2.05) is 11.0 Å². The van der Waals surface area contributed by atoms with Crippen LogP contribution in [-0.4, -0.2) is 50.3 Å². The largest absolute Gasteiger partial charge is 0.365 e. The van der Waals surface area contributed by atoms with Crippen molar-refractivity contribution in [2.45, 2.75) is 17.9 Å². The lowest BCUT2D eigenvalue weighted by Gasteiger charge is -2.42. The van der Waals surface area contributed by atoms with Gasteiger partial charge in [-0.1, -0.05) is 12.1 Å². The van der Waals surface area contributed by atoms with Crippen LogP contribution in [0, 0.1) is 5.82 Å². The summed E-state index contributed by atoms with van der Waals surface area (Å²) in [5.74, 6) is 0.476. The summed E-state index contributed by atoms with van der Waals surface area (Å²) >= 11 is 0. The molecule has 0 spiro atoms. The monoisotopic (exact) mass is 400 g/mol. The number of fused-ring (bicyclic) bond motifs is 1. The van der Waals surface area contributed by atoms with Gasteiger partial charge in [0.05, 0.1) is 16.1 Å². The molecule has 0 bridgehead atoms. The van der Waals surface area contributed by atoms with E-state index in [9.17, 15) is 12.8 Å². The number of halogens is 1. The first-order chi connectivity index (χ1) is 13.3. The number of anilines is 2. The molecule has 3 aromatic rings. The molecule has 2 aromatic carbocycles. The molecule has 1 aromatic heterocycles. The zero-order chi connectivity index (χ0) is 19.9. The van der Waals surface area contributed by atoms with E-state index >= 15 is 0 Å². The molecule has 1 saturated heterocycles. The van der Waals surface area contributed by atoms with E-state index in [0.717, 1.165) is 0 Å². The van der Waals surface area contributed by atoms with Crippen molar-refractivity contribution in [3.05, 3.63) is 54.6 Å². The van der Waals surface area contributed by atoms with Crippen LogP contribution in [0.3, 0.4) is 0 Å². The van der Waals surface area contributed by atoms with E-state index in [2.05, 4.69) is 21.8 Å². The molecular weight excluding hydrogens is 379 g/mol. The van der Waals surface area contributed by atoms with E-state index in [4.69, 9.17) is 0 Å². The van der Waals surface area contributed by atoms with Gasteiger partial charge in [-0.25, -0.2) is 22.8 Å². The highest BCUT2D eigenvalue weighted by Crippen LogP contribution is 2.30. The minimum Gasteiger partial charge on any atom is -0.365 e. The SMILES string of the molecule is CC1CN(c2ccccc2F)CCN1c1ncnc2ccc(S(C)(=O)=O)cc12. The molecule has 2 heterocycles. The number of rotatable bonds is 3. The van der Waals surface area contributed by atoms with Crippen LogP contribution in [0.2, 0.25) is 0 Å². The van der Waals surface area contributed by atoms with Crippen molar-refractivity contribution < 1.29 is 12.8 Å². The summed E-state index contributed by atoms with van der Waals surface area (Å²) in [7, 11) is -3.33. The van der Waals surface area contributed by atoms with E-state index in [0.29, 0.717) is 42.0 Å². The van der Waals surface area contributed by atoms with Crippen molar-refractivity contribution in [3.8, 4) is 0 Å². The summed E-state index contributed by atoms with van der Waals surface area (Å²) in [6.45, 7) is 3.98. The summed E-state index contributed by atoms with van der Waals surface area (Å²) in [5.41, 5.74) is 1.29. The van der Waals surface area contributed by atoms with E-state index in [-0.39, 0.29) is 16.8 Å². The molecule has 0 radical (unpaired) electrons. The quantitative estimate of drug-likeness (QED) is 0.674. The summed E-state index contributed by atoms with van der Waals surface area (Å²) in [5, 5.41) is 0.705. The number of hydrogen-bond donors (Lipinski definition) is 0. The number of aromatic nitrogens is 2. The lowest BCUT2D eigenvalue weighted by molar-refractivity contribution is 0.534. The number of para-hydroxylation sites is 1. The predicted octanol–water partition coefficient (Wildman–Crippen LogP) is 2.89. The van der Waals surface area contributed by atoms with Gasteiger partial charge in [0.2, 0.25) is 0 Å². The van der Waals surface area contributed by atoms with Gasteiger partial charge < -0.3 is 9.80 Å². The molecule has 6 nitrogen and oxygen atoms in total. The molecule has 1 aliphatic rings. The maximum Gasteiger partial charge on any atom is 0.175 e. The summed E-state index contributed by atoms with van der Waals surface area (Å²) < 4.78 is 38.1. The Morgan fingerprint density at radius 1 is 1.11 bits per heavy atom. The number of benzene rings is 2. The van der Waals surface area contributed by atoms with Crippen LogP contribution < -0.4 is 9.80 Å². The maximum atomic E-state index is 14.2. The highest BCUT2D eigenvalue weighted by molar-refractivity contribution is 7.90. The van der Waals surface area contributed by atoms with Gasteiger partial charge in [0.15, 0.2) is 9.84 Å². The molecular formula is C20H21FN4O2S. The standard InChI is InChI=1S/C20H21FN4O2S/c1-14-12-24(19-6-4-3-5-17(19)21)9-10-25(14)20-16-11-15(28(2,26)27)7-8-18(16)22-13-23-20/h3-8,11,13-14H,9-10,12H2,1-2H3. The smallest absolute Gasteiger partial charge is 0.175 e. The average Bonchev–Trinajstić information content (AvgIpc) is 2.67. The van der Waals surface area contributed by atoms with Crippen LogP contribution in [0.1, 0.15) is 6.92 Å². The van der Waals surface area contributed by atoms with Crippen molar-refractivity contribution >= 4 is 32.2 Å². The van der Waals surface area contributed by atoms with Gasteiger partial charge >= 0.3 is 0 Å². The van der Waals surface area contributed by atoms with Crippen molar-refractivity contribution in [3.63, 3.8) is 0 Å². The summed E-state index contributed by atoms with van der Waals surface area (Å²) in [4.78, 5) is 13.1. The van der Waals surface area contributed by atoms with Crippen LogP contribution >= 0.6 is 0 Å². The molecule has 0 aliphatic carbocycles. The molecule has 1 aliphatic heterocycles. The highest BCUT2D eigenvalue weighted by atomic mass is 32.2. The Kier molecular flexibility index (Phi) is 4.66. The molecule has 4 rings (SSSR count). The molecule has 1 fully saturated rings. The maximum absolute atomic E-state index is 14.2. The number of sulfone groups is 1. The minimum atomic E-state index is -3.33. The van der Waals surface area contributed by atoms with E-state index < -0.39 is 9.84 Å². The zero-order valence-corrected chi connectivity index (χ0v) is 16.5. The van der Waals surface area contributed by atoms with Crippen LogP contribution in [0.25, 0.3) is 10.9 Å². The van der Waals surface area contributed by atoms with Gasteiger partial charge in [-0.2, -0.15) is 0 Å². The zero-order valence-electron chi connectivity index (χ0n) is 15.7. The Balaban J connectivity index is 1.68. The number of nitrogens with zero attached hydrogens (tertiary/aromatic N) is 4. The van der Waals surface area contributed by atoms with Gasteiger partial charge in [0.1, 0.15) is 18.0 Å². The fraction of sp³-hybridized carbons (Fsp3) is 0.300. The second kappa shape index (κ2) is 7.01. The second-order valence-corrected chi connectivity index (χ2v) is 9.10. The molecule has 1 atom stereocenters. The van der Waals surface area contributed by atoms with Crippen LogP contribution in [0.5, 0.6) is 0 Å². The molecule has 28 heavy (non-hydrogen) atoms. The summed E-state index contributed by atoms with van der Waals surface area (Å²) in [6.07, 6.45) is 2.68. The fourth-order valence-corrected chi connectivity index (χ4v) is 4.33. The lowest BCUT2D eigenvalue weighted by atomic mass is 10.1. The van der Waals surface area contributed by atoms with Crippen molar-refractivity contribution in [1.82, 2.24) is 9.97 Å². The second-order valence-electron chi connectivity index (χ2n) is 7.09. The third-order valence-electron chi connectivity index (χ3n) is 5.11. The first kappa shape index (κ1) is 18.6. The number of hydrogen-bond acceptors (Lipinski definition) is 6. The average molecular weight is 400 g/mol. The molecule has 146 valence electrons. The van der Waals surface area contributed by atoms with Crippen LogP contribution in [-0.2, 0) is 9.84 Å². The molecule has 0 saturated carbocycles. The Morgan fingerprint density at radius 2 is 1.89 bits per heavy atom. The predicted molar refractivity (Wildman–Crippen MR) is 108 cm³/mol. The van der Waals surface area contributed by atoms with Gasteiger partial charge in [0, 0.05) is 37.3 Å². The first-order valence-corrected chi connectivity index (χ1v) is 10.9. The first-order valence-electron chi connectivity index (χ1n) is 9.05. The summed E-state index contributed by atoms with van der Waals surface area (Å²) in [6, 6.07) is 11.7. The van der Waals surface area contributed by atoms with Crippen molar-refractivity contribution in [1.29, 1.82) is 0 Å². The third kappa shape index (κ3) is 3.40. The lowest BCUT2D eigenvalue weighted by Crippen LogP contribution is -2.52. The normalized spacial score (nSPS) is 17.9. The van der Waals surface area contributed by atoms with Gasteiger partial charge in [-0.3, -0.25) is 0 Å². The topological polar surface area (TPSA) is 66.4 Å². The highest BCUT2D eigenvalue weighted by Gasteiger charge is 2.27. The van der Waals surface area contributed by atoms with Crippen LogP contribution in [0.4, 0.5) is 15.9 Å². The van der Waals surface area contributed by atoms with Gasteiger partial charge in [-0.05, 0) is 37.3 Å². The third-order valence-corrected chi connectivity index (χ3v) is 6.22. The molecule has 8 heteroatoms. The molecule has 1 unspecified atom stereocenters. The van der Waals surface area contributed by atoms with Gasteiger partial charge in [-0.15, -0.1) is 0 Å². The van der Waals surface area contributed by atoms with Crippen LogP contribution in [0.15, 0.2) is 53.7 Å². The van der Waals surface area contributed by atoms with Crippen molar-refractivity contribution in [2.24, 2.45) is 0 Å². The number of piperazine rings is 1. The Labute approximate surface area is 163 Å². The van der Waals surface area contributed by atoms with Crippen molar-refractivity contribution in [2.75, 3.05) is 35.7 Å². The van der Waals surface area contributed by atoms with E-state index in [1.54, 1.807) is 30.3 Å². The molecule has 0 amide bonds.